The molecule has 2 aromatic heterocycles. The molecule has 0 aliphatic rings. The Morgan fingerprint density at radius 3 is 2.84 bits per heavy atom. The van der Waals surface area contributed by atoms with Crippen LogP contribution in [0.25, 0.3) is 5.65 Å². The van der Waals surface area contributed by atoms with Crippen molar-refractivity contribution >= 4 is 17.4 Å². The van der Waals surface area contributed by atoms with Crippen molar-refractivity contribution in [2.24, 2.45) is 0 Å². The first-order chi connectivity index (χ1) is 8.94. The summed E-state index contributed by atoms with van der Waals surface area (Å²) in [6.07, 6.45) is 2.16. The molecule has 3 N–H and O–H groups in total. The Hall–Kier alpha value is -2.08. The molecule has 2 heterocycles. The monoisotopic (exact) mass is 263 g/mol. The molecule has 6 nitrogen and oxygen atoms in total. The summed E-state index contributed by atoms with van der Waals surface area (Å²) in [4.78, 5) is 15.7. The van der Waals surface area contributed by atoms with Gasteiger partial charge in [-0.3, -0.25) is 4.40 Å². The van der Waals surface area contributed by atoms with Crippen molar-refractivity contribution in [1.82, 2.24) is 9.38 Å². The highest BCUT2D eigenvalue weighted by Crippen LogP contribution is 2.22. The molecule has 0 saturated heterocycles. The highest BCUT2D eigenvalue weighted by Gasteiger charge is 2.24. The lowest BCUT2D eigenvalue weighted by Gasteiger charge is -2.25. The van der Waals surface area contributed by atoms with Gasteiger partial charge in [-0.05, 0) is 32.4 Å². The number of nitrogens with zero attached hydrogens (tertiary/aromatic N) is 2. The number of anilines is 1. The van der Waals surface area contributed by atoms with Crippen LogP contribution in [-0.4, -0.2) is 37.7 Å². The van der Waals surface area contributed by atoms with Crippen molar-refractivity contribution in [3.05, 3.63) is 30.1 Å². The molecule has 0 spiro atoms. The second-order valence-corrected chi connectivity index (χ2v) is 5.03. The number of nitrogens with one attached hydrogen (secondary N) is 1. The van der Waals surface area contributed by atoms with E-state index in [9.17, 15) is 9.90 Å². The third kappa shape index (κ3) is 2.68. The molecule has 0 bridgehead atoms. The van der Waals surface area contributed by atoms with Crippen molar-refractivity contribution in [3.8, 4) is 0 Å². The van der Waals surface area contributed by atoms with Crippen LogP contribution in [0.5, 0.6) is 0 Å². The summed E-state index contributed by atoms with van der Waals surface area (Å²) in [6, 6.07) is 5.30. The third-order valence-corrected chi connectivity index (χ3v) is 2.93. The zero-order valence-corrected chi connectivity index (χ0v) is 10.9. The number of carboxylic acid groups (broad SMARTS) is 1. The van der Waals surface area contributed by atoms with Gasteiger partial charge >= 0.3 is 5.97 Å². The number of hydrogen-bond donors (Lipinski definition) is 3. The highest BCUT2D eigenvalue weighted by atomic mass is 16.4. The molecule has 0 atom stereocenters. The number of rotatable bonds is 5. The van der Waals surface area contributed by atoms with E-state index in [2.05, 4.69) is 10.3 Å². The molecule has 2 rings (SSSR count). The lowest BCUT2D eigenvalue weighted by molar-refractivity contribution is 0.0690. The van der Waals surface area contributed by atoms with Crippen molar-refractivity contribution < 1.29 is 15.0 Å². The molecule has 6 heteroatoms. The average Bonchev–Trinajstić information content (AvgIpc) is 2.65. The van der Waals surface area contributed by atoms with Gasteiger partial charge in [0.2, 0.25) is 0 Å². The van der Waals surface area contributed by atoms with E-state index in [-0.39, 0.29) is 12.3 Å². The fourth-order valence-electron chi connectivity index (χ4n) is 1.95. The van der Waals surface area contributed by atoms with E-state index in [0.29, 0.717) is 17.9 Å². The second-order valence-electron chi connectivity index (χ2n) is 5.03. The van der Waals surface area contributed by atoms with Crippen molar-refractivity contribution in [3.63, 3.8) is 0 Å². The van der Waals surface area contributed by atoms with Crippen LogP contribution in [0.15, 0.2) is 24.4 Å². The molecular weight excluding hydrogens is 246 g/mol. The quantitative estimate of drug-likeness (QED) is 0.762. The number of aliphatic hydroxyl groups excluding tert-OH is 1. The maximum Gasteiger partial charge on any atom is 0.356 e. The van der Waals surface area contributed by atoms with Gasteiger partial charge in [0.1, 0.15) is 5.65 Å². The van der Waals surface area contributed by atoms with E-state index >= 15 is 0 Å². The molecule has 0 aromatic carbocycles. The smallest absolute Gasteiger partial charge is 0.356 e. The molecule has 0 saturated carbocycles. The van der Waals surface area contributed by atoms with E-state index < -0.39 is 11.5 Å². The molecule has 2 aromatic rings. The summed E-state index contributed by atoms with van der Waals surface area (Å²) in [5.74, 6) is -0.724. The largest absolute Gasteiger partial charge is 0.476 e. The number of aromatic nitrogens is 2. The third-order valence-electron chi connectivity index (χ3n) is 2.93. The minimum absolute atomic E-state index is 0.0236. The lowest BCUT2D eigenvalue weighted by atomic mass is 10.0. The summed E-state index contributed by atoms with van der Waals surface area (Å²) in [5.41, 5.74) is 0.237. The highest BCUT2D eigenvalue weighted by molar-refractivity contribution is 5.93. The van der Waals surface area contributed by atoms with Gasteiger partial charge < -0.3 is 15.5 Å². The Morgan fingerprint density at radius 2 is 2.21 bits per heavy atom. The van der Waals surface area contributed by atoms with Gasteiger partial charge in [-0.25, -0.2) is 9.78 Å². The van der Waals surface area contributed by atoms with Crippen LogP contribution in [0, 0.1) is 0 Å². The van der Waals surface area contributed by atoms with Crippen LogP contribution in [-0.2, 0) is 0 Å². The van der Waals surface area contributed by atoms with Gasteiger partial charge in [0.25, 0.3) is 0 Å². The van der Waals surface area contributed by atoms with Crippen LogP contribution in [0.3, 0.4) is 0 Å². The van der Waals surface area contributed by atoms with Gasteiger partial charge in [0.15, 0.2) is 11.5 Å². The summed E-state index contributed by atoms with van der Waals surface area (Å²) in [5, 5.41) is 21.4. The van der Waals surface area contributed by atoms with Gasteiger partial charge in [-0.15, -0.1) is 0 Å². The number of imidazole rings is 1. The summed E-state index contributed by atoms with van der Waals surface area (Å²) in [7, 11) is 0. The predicted octanol–water partition coefficient (Wildman–Crippen LogP) is 1.61. The van der Waals surface area contributed by atoms with Crippen molar-refractivity contribution in [2.75, 3.05) is 11.9 Å². The molecule has 19 heavy (non-hydrogen) atoms. The zero-order valence-electron chi connectivity index (χ0n) is 10.9. The van der Waals surface area contributed by atoms with E-state index in [1.54, 1.807) is 24.4 Å². The summed E-state index contributed by atoms with van der Waals surface area (Å²) in [6.45, 7) is 3.80. The number of hydrogen-bond acceptors (Lipinski definition) is 4. The Morgan fingerprint density at radius 1 is 1.47 bits per heavy atom. The molecule has 0 radical (unpaired) electrons. The number of aromatic carboxylic acids is 1. The van der Waals surface area contributed by atoms with Crippen molar-refractivity contribution in [1.29, 1.82) is 0 Å². The number of aliphatic hydroxyl groups is 1. The average molecular weight is 263 g/mol. The normalized spacial score (nSPS) is 11.7. The van der Waals surface area contributed by atoms with E-state index in [4.69, 9.17) is 5.11 Å². The minimum Gasteiger partial charge on any atom is -0.476 e. The standard InChI is InChI=1S/C13H17N3O3/c1-13(2,6-8-17)15-11-10(12(18)19)16-7-4-3-5-9(16)14-11/h3-5,7,15,17H,6,8H2,1-2H3,(H,18,19). The fraction of sp³-hybridized carbons (Fsp3) is 0.385. The van der Waals surface area contributed by atoms with Gasteiger partial charge in [0.05, 0.1) is 0 Å². The molecule has 0 fully saturated rings. The van der Waals surface area contributed by atoms with E-state index in [0.717, 1.165) is 0 Å². The van der Waals surface area contributed by atoms with Crippen LogP contribution in [0.2, 0.25) is 0 Å². The molecule has 0 aliphatic heterocycles. The maximum atomic E-state index is 11.4. The molecule has 0 unspecified atom stereocenters. The van der Waals surface area contributed by atoms with E-state index in [1.807, 2.05) is 13.8 Å². The Bertz CT molecular complexity index is 604. The SMILES string of the molecule is CC(C)(CCO)Nc1nc2ccccn2c1C(=O)O. The van der Waals surface area contributed by atoms with Crippen molar-refractivity contribution in [2.45, 2.75) is 25.8 Å². The summed E-state index contributed by atoms with van der Waals surface area (Å²) >= 11 is 0. The minimum atomic E-state index is -1.04. The van der Waals surface area contributed by atoms with Gasteiger partial charge in [0, 0.05) is 18.3 Å². The maximum absolute atomic E-state index is 11.4. The Labute approximate surface area is 110 Å². The van der Waals surface area contributed by atoms with Crippen LogP contribution in [0.1, 0.15) is 30.8 Å². The molecule has 0 aliphatic carbocycles. The predicted molar refractivity (Wildman–Crippen MR) is 71.6 cm³/mol. The molecular formula is C13H17N3O3. The van der Waals surface area contributed by atoms with Crippen LogP contribution >= 0.6 is 0 Å². The number of pyridine rings is 1. The fourth-order valence-corrected chi connectivity index (χ4v) is 1.95. The van der Waals surface area contributed by atoms with Gasteiger partial charge in [-0.2, -0.15) is 0 Å². The first-order valence-electron chi connectivity index (χ1n) is 6.04. The van der Waals surface area contributed by atoms with Crippen LogP contribution < -0.4 is 5.32 Å². The lowest BCUT2D eigenvalue weighted by Crippen LogP contribution is -2.32. The molecule has 0 amide bonds. The number of carboxylic acids is 1. The summed E-state index contributed by atoms with van der Waals surface area (Å²) < 4.78 is 1.53. The van der Waals surface area contributed by atoms with Crippen LogP contribution in [0.4, 0.5) is 5.82 Å². The van der Waals surface area contributed by atoms with Gasteiger partial charge in [-0.1, -0.05) is 6.07 Å². The topological polar surface area (TPSA) is 86.9 Å². The second kappa shape index (κ2) is 4.89. The van der Waals surface area contributed by atoms with E-state index in [1.165, 1.54) is 4.40 Å². The Kier molecular flexibility index (Phi) is 3.44. The first-order valence-corrected chi connectivity index (χ1v) is 6.04. The Balaban J connectivity index is 2.48. The first kappa shape index (κ1) is 13.4. The number of carbonyl (C=O) groups is 1. The zero-order chi connectivity index (χ0) is 14.0. The molecule has 102 valence electrons. The number of fused-ring (bicyclic) bond motifs is 1.